The van der Waals surface area contributed by atoms with Crippen molar-refractivity contribution >= 4 is 22.5 Å². The first kappa shape index (κ1) is 25.2. The van der Waals surface area contributed by atoms with E-state index >= 15 is 8.78 Å². The molecular formula is C27H23F2N3O6. The van der Waals surface area contributed by atoms with E-state index in [4.69, 9.17) is 18.9 Å². The molecule has 4 aromatic rings. The number of anilines is 1. The van der Waals surface area contributed by atoms with Crippen molar-refractivity contribution in [3.05, 3.63) is 72.2 Å². The third-order valence-electron chi connectivity index (χ3n) is 6.12. The zero-order chi connectivity index (χ0) is 26.9. The van der Waals surface area contributed by atoms with Crippen molar-refractivity contribution < 1.29 is 37.6 Å². The Morgan fingerprint density at radius 3 is 2.37 bits per heavy atom. The largest absolute Gasteiger partial charge is 0.496 e. The van der Waals surface area contributed by atoms with Gasteiger partial charge in [-0.1, -0.05) is 0 Å². The first-order valence-corrected chi connectivity index (χ1v) is 11.6. The lowest BCUT2D eigenvalue weighted by atomic mass is 10.1. The SMILES string of the molecule is COc1cc2nccc(Oc3c(F)cc(NC(=O)c4cnccc4OC)cc3F)c2cc1OC1(CO)CC1. The molecule has 0 saturated heterocycles. The van der Waals surface area contributed by atoms with Gasteiger partial charge in [0.15, 0.2) is 28.9 Å². The van der Waals surface area contributed by atoms with Gasteiger partial charge in [0.2, 0.25) is 0 Å². The molecule has 1 saturated carbocycles. The number of rotatable bonds is 9. The second-order valence-corrected chi connectivity index (χ2v) is 8.67. The summed E-state index contributed by atoms with van der Waals surface area (Å²) in [7, 11) is 2.87. The number of halogens is 2. The van der Waals surface area contributed by atoms with Crippen LogP contribution in [0.25, 0.3) is 10.9 Å². The van der Waals surface area contributed by atoms with Gasteiger partial charge in [0.05, 0.1) is 31.9 Å². The standard InChI is InChI=1S/C27H23F2N3O6/c1-35-21-3-7-30-13-17(21)26(34)32-15-9-18(28)25(19(29)10-15)37-22-4-8-31-20-12-23(36-2)24(11-16(20)22)38-27(14-33)5-6-27/h3-4,7-13,33H,5-6,14H2,1-2H3,(H,32,34). The molecule has 2 heterocycles. The van der Waals surface area contributed by atoms with Gasteiger partial charge in [-0.3, -0.25) is 14.8 Å². The summed E-state index contributed by atoms with van der Waals surface area (Å²) in [6, 6.07) is 8.05. The van der Waals surface area contributed by atoms with E-state index in [1.165, 1.54) is 44.9 Å². The van der Waals surface area contributed by atoms with Crippen molar-refractivity contribution in [2.24, 2.45) is 0 Å². The van der Waals surface area contributed by atoms with Gasteiger partial charge in [-0.2, -0.15) is 0 Å². The van der Waals surface area contributed by atoms with Gasteiger partial charge in [0, 0.05) is 47.9 Å². The lowest BCUT2D eigenvalue weighted by Gasteiger charge is -2.19. The molecule has 5 rings (SSSR count). The first-order valence-electron chi connectivity index (χ1n) is 11.6. The topological polar surface area (TPSA) is 112 Å². The van der Waals surface area contributed by atoms with E-state index in [-0.39, 0.29) is 29.4 Å². The van der Waals surface area contributed by atoms with E-state index in [9.17, 15) is 9.90 Å². The maximum atomic E-state index is 15.0. The molecule has 0 atom stereocenters. The van der Waals surface area contributed by atoms with Crippen molar-refractivity contribution in [3.63, 3.8) is 0 Å². The van der Waals surface area contributed by atoms with Crippen LogP contribution in [0.15, 0.2) is 55.0 Å². The zero-order valence-electron chi connectivity index (χ0n) is 20.5. The number of carbonyl (C=O) groups is 1. The molecular weight excluding hydrogens is 500 g/mol. The van der Waals surface area contributed by atoms with E-state index in [0.717, 1.165) is 12.1 Å². The van der Waals surface area contributed by atoms with Gasteiger partial charge in [-0.25, -0.2) is 8.78 Å². The maximum absolute atomic E-state index is 15.0. The predicted molar refractivity (Wildman–Crippen MR) is 133 cm³/mol. The molecule has 9 nitrogen and oxygen atoms in total. The fraction of sp³-hybridized carbons (Fsp3) is 0.222. The van der Waals surface area contributed by atoms with Crippen LogP contribution in [0.2, 0.25) is 0 Å². The summed E-state index contributed by atoms with van der Waals surface area (Å²) < 4.78 is 52.2. The number of aliphatic hydroxyl groups is 1. The number of ether oxygens (including phenoxy) is 4. The van der Waals surface area contributed by atoms with Gasteiger partial charge in [0.25, 0.3) is 5.91 Å². The molecule has 196 valence electrons. The maximum Gasteiger partial charge on any atom is 0.261 e. The minimum absolute atomic E-state index is 0.0991. The van der Waals surface area contributed by atoms with Crippen LogP contribution in [0.1, 0.15) is 23.2 Å². The average molecular weight is 523 g/mol. The van der Waals surface area contributed by atoms with Gasteiger partial charge in [0.1, 0.15) is 17.1 Å². The Morgan fingerprint density at radius 1 is 1.00 bits per heavy atom. The number of fused-ring (bicyclic) bond motifs is 1. The Morgan fingerprint density at radius 2 is 1.71 bits per heavy atom. The Labute approximate surface area is 216 Å². The second kappa shape index (κ2) is 10.1. The molecule has 38 heavy (non-hydrogen) atoms. The second-order valence-electron chi connectivity index (χ2n) is 8.67. The summed E-state index contributed by atoms with van der Waals surface area (Å²) in [5.74, 6) is -2.28. The molecule has 0 aliphatic heterocycles. The minimum atomic E-state index is -1.04. The molecule has 2 aromatic heterocycles. The van der Waals surface area contributed by atoms with Crippen LogP contribution in [0.4, 0.5) is 14.5 Å². The molecule has 0 bridgehead atoms. The van der Waals surface area contributed by atoms with E-state index in [1.807, 2.05) is 0 Å². The number of amides is 1. The minimum Gasteiger partial charge on any atom is -0.496 e. The van der Waals surface area contributed by atoms with Crippen molar-refractivity contribution in [2.45, 2.75) is 18.4 Å². The molecule has 1 aliphatic rings. The molecule has 2 N–H and O–H groups in total. The molecule has 11 heteroatoms. The molecule has 1 aliphatic carbocycles. The van der Waals surface area contributed by atoms with Crippen LogP contribution < -0.4 is 24.3 Å². The summed E-state index contributed by atoms with van der Waals surface area (Å²) in [6.45, 7) is -0.155. The summed E-state index contributed by atoms with van der Waals surface area (Å²) in [5, 5.41) is 12.5. The number of aliphatic hydroxyl groups excluding tert-OH is 1. The molecule has 0 radical (unpaired) electrons. The highest BCUT2D eigenvalue weighted by Gasteiger charge is 2.45. The van der Waals surface area contributed by atoms with Crippen molar-refractivity contribution in [1.82, 2.24) is 9.97 Å². The Hall–Kier alpha value is -4.51. The fourth-order valence-corrected chi connectivity index (χ4v) is 3.89. The zero-order valence-corrected chi connectivity index (χ0v) is 20.5. The number of hydrogen-bond acceptors (Lipinski definition) is 8. The number of methoxy groups -OCH3 is 2. The summed E-state index contributed by atoms with van der Waals surface area (Å²) in [6.07, 6.45) is 5.54. The fourth-order valence-electron chi connectivity index (χ4n) is 3.89. The van der Waals surface area contributed by atoms with Gasteiger partial charge in [-0.15, -0.1) is 0 Å². The van der Waals surface area contributed by atoms with Gasteiger partial charge in [-0.05, 0) is 31.0 Å². The molecule has 1 amide bonds. The summed E-state index contributed by atoms with van der Waals surface area (Å²) in [4.78, 5) is 20.8. The lowest BCUT2D eigenvalue weighted by Crippen LogP contribution is -2.22. The quantitative estimate of drug-likeness (QED) is 0.320. The summed E-state index contributed by atoms with van der Waals surface area (Å²) in [5.41, 5.74) is -0.262. The number of pyridine rings is 2. The number of aromatic nitrogens is 2. The number of carbonyl (C=O) groups excluding carboxylic acids is 1. The van der Waals surface area contributed by atoms with Crippen LogP contribution in [0.5, 0.6) is 28.7 Å². The molecule has 1 fully saturated rings. The van der Waals surface area contributed by atoms with Crippen LogP contribution in [-0.4, -0.2) is 47.4 Å². The van der Waals surface area contributed by atoms with E-state index < -0.39 is 28.9 Å². The normalized spacial score (nSPS) is 13.6. The highest BCUT2D eigenvalue weighted by molar-refractivity contribution is 6.06. The first-order chi connectivity index (χ1) is 18.4. The average Bonchev–Trinajstić information content (AvgIpc) is 3.70. The molecule has 2 aromatic carbocycles. The highest BCUT2D eigenvalue weighted by atomic mass is 19.1. The molecule has 0 spiro atoms. The number of hydrogen-bond donors (Lipinski definition) is 2. The van der Waals surface area contributed by atoms with Gasteiger partial charge < -0.3 is 29.4 Å². The smallest absolute Gasteiger partial charge is 0.261 e. The third kappa shape index (κ3) is 4.88. The number of nitrogens with one attached hydrogen (secondary N) is 1. The van der Waals surface area contributed by atoms with Crippen molar-refractivity contribution in [1.29, 1.82) is 0 Å². The lowest BCUT2D eigenvalue weighted by molar-refractivity contribution is 0.0925. The van der Waals surface area contributed by atoms with E-state index in [0.29, 0.717) is 35.2 Å². The number of nitrogens with zero attached hydrogens (tertiary/aromatic N) is 2. The Kier molecular flexibility index (Phi) is 6.68. The predicted octanol–water partition coefficient (Wildman–Crippen LogP) is 4.87. The summed E-state index contributed by atoms with van der Waals surface area (Å²) >= 11 is 0. The highest BCUT2D eigenvalue weighted by Crippen LogP contribution is 2.45. The Bertz CT molecular complexity index is 1500. The van der Waals surface area contributed by atoms with Crippen LogP contribution in [0, 0.1) is 11.6 Å². The van der Waals surface area contributed by atoms with Crippen LogP contribution in [-0.2, 0) is 0 Å². The van der Waals surface area contributed by atoms with Crippen molar-refractivity contribution in [3.8, 4) is 28.7 Å². The third-order valence-corrected chi connectivity index (χ3v) is 6.12. The number of benzene rings is 2. The van der Waals surface area contributed by atoms with Crippen molar-refractivity contribution in [2.75, 3.05) is 26.1 Å². The Balaban J connectivity index is 1.44. The molecule has 0 unspecified atom stereocenters. The van der Waals surface area contributed by atoms with Crippen LogP contribution in [0.3, 0.4) is 0 Å². The van der Waals surface area contributed by atoms with Crippen LogP contribution >= 0.6 is 0 Å². The van der Waals surface area contributed by atoms with E-state index in [1.54, 1.807) is 12.1 Å². The monoisotopic (exact) mass is 523 g/mol. The van der Waals surface area contributed by atoms with E-state index in [2.05, 4.69) is 15.3 Å². The van der Waals surface area contributed by atoms with Gasteiger partial charge >= 0.3 is 0 Å².